The molecule has 0 spiro atoms. The Hall–Kier alpha value is -3.17. The van der Waals surface area contributed by atoms with Crippen LogP contribution in [0.2, 0.25) is 10.0 Å². The van der Waals surface area contributed by atoms with E-state index in [4.69, 9.17) is 23.2 Å². The lowest BCUT2D eigenvalue weighted by Crippen LogP contribution is -2.33. The Morgan fingerprint density at radius 3 is 2.62 bits per heavy atom. The normalized spacial score (nSPS) is 11.9. The number of aromatic nitrogens is 4. The van der Waals surface area contributed by atoms with Gasteiger partial charge in [0.2, 0.25) is 0 Å². The number of hydrogen-bond acceptors (Lipinski definition) is 6. The zero-order valence-electron chi connectivity index (χ0n) is 21.1. The van der Waals surface area contributed by atoms with E-state index in [1.807, 2.05) is 78.2 Å². The zero-order chi connectivity index (χ0) is 27.2. The van der Waals surface area contributed by atoms with Gasteiger partial charge in [-0.05, 0) is 55.7 Å². The van der Waals surface area contributed by atoms with Crippen molar-refractivity contribution in [2.24, 2.45) is 0 Å². The molecule has 1 unspecified atom stereocenters. The van der Waals surface area contributed by atoms with E-state index < -0.39 is 0 Å². The summed E-state index contributed by atoms with van der Waals surface area (Å²) in [4.78, 5) is 17.4. The fourth-order valence-corrected chi connectivity index (χ4v) is 6.18. The van der Waals surface area contributed by atoms with Gasteiger partial charge in [-0.3, -0.25) is 9.36 Å². The first-order valence-electron chi connectivity index (χ1n) is 12.4. The molecule has 5 aromatic rings. The van der Waals surface area contributed by atoms with Crippen LogP contribution in [0, 0.1) is 0 Å². The Morgan fingerprint density at radius 1 is 1.03 bits per heavy atom. The third-order valence-corrected chi connectivity index (χ3v) is 8.55. The van der Waals surface area contributed by atoms with Crippen LogP contribution in [0.3, 0.4) is 0 Å². The van der Waals surface area contributed by atoms with Crippen molar-refractivity contribution in [2.45, 2.75) is 36.7 Å². The van der Waals surface area contributed by atoms with E-state index in [0.717, 1.165) is 29.1 Å². The molecule has 198 valence electrons. The summed E-state index contributed by atoms with van der Waals surface area (Å²) in [7, 11) is 0. The molecule has 6 nitrogen and oxygen atoms in total. The molecule has 0 fully saturated rings. The molecule has 0 aliphatic heterocycles. The Bertz CT molecular complexity index is 1570. The fraction of sp³-hybridized carbons (Fsp3) is 0.172. The van der Waals surface area contributed by atoms with Crippen molar-refractivity contribution >= 4 is 52.2 Å². The first-order chi connectivity index (χ1) is 19.0. The number of nitrogens with one attached hydrogen (secondary N) is 1. The van der Waals surface area contributed by atoms with Crippen molar-refractivity contribution in [1.82, 2.24) is 25.1 Å². The quantitative estimate of drug-likeness (QED) is 0.168. The number of benzene rings is 3. The Labute approximate surface area is 245 Å². The van der Waals surface area contributed by atoms with Gasteiger partial charge in [-0.1, -0.05) is 83.5 Å². The molecule has 5 rings (SSSR count). The number of carbonyl (C=O) groups is 1. The lowest BCUT2D eigenvalue weighted by Gasteiger charge is -2.13. The first kappa shape index (κ1) is 27.4. The monoisotopic (exact) mass is 593 g/mol. The van der Waals surface area contributed by atoms with E-state index in [9.17, 15) is 4.79 Å². The summed E-state index contributed by atoms with van der Waals surface area (Å²) in [6, 6.07) is 25.3. The second kappa shape index (κ2) is 12.8. The second-order valence-electron chi connectivity index (χ2n) is 8.92. The molecule has 0 aliphatic carbocycles. The molecule has 39 heavy (non-hydrogen) atoms. The van der Waals surface area contributed by atoms with Crippen LogP contribution < -0.4 is 5.32 Å². The number of rotatable bonds is 10. The maximum Gasteiger partial charge on any atom is 0.270 e. The number of thioether (sulfide) groups is 1. The zero-order valence-corrected chi connectivity index (χ0v) is 24.2. The number of aryl methyl sites for hydroxylation is 1. The summed E-state index contributed by atoms with van der Waals surface area (Å²) in [6.45, 7) is 2.02. The lowest BCUT2D eigenvalue weighted by atomic mass is 10.1. The van der Waals surface area contributed by atoms with Gasteiger partial charge in [0.1, 0.15) is 10.7 Å². The molecule has 0 saturated carbocycles. The third kappa shape index (κ3) is 6.89. The fourth-order valence-electron chi connectivity index (χ4n) is 4.03. The minimum absolute atomic E-state index is 0.0386. The highest BCUT2D eigenvalue weighted by Crippen LogP contribution is 2.33. The molecule has 10 heteroatoms. The average Bonchev–Trinajstić information content (AvgIpc) is 3.59. The molecule has 0 saturated heterocycles. The van der Waals surface area contributed by atoms with E-state index in [1.54, 1.807) is 5.38 Å². The Morgan fingerprint density at radius 2 is 1.82 bits per heavy atom. The summed E-state index contributed by atoms with van der Waals surface area (Å²) in [5.41, 5.74) is 3.28. The van der Waals surface area contributed by atoms with Crippen LogP contribution in [0.25, 0.3) is 17.1 Å². The third-order valence-electron chi connectivity index (χ3n) is 6.01. The van der Waals surface area contributed by atoms with Crippen LogP contribution in [0.1, 0.15) is 34.4 Å². The smallest absolute Gasteiger partial charge is 0.270 e. The van der Waals surface area contributed by atoms with Crippen molar-refractivity contribution < 1.29 is 4.79 Å². The number of amides is 1. The molecule has 2 heterocycles. The number of carbonyl (C=O) groups excluding carboxylic acids is 1. The van der Waals surface area contributed by atoms with Crippen molar-refractivity contribution in [3.05, 3.63) is 111 Å². The summed E-state index contributed by atoms with van der Waals surface area (Å²) in [5.74, 6) is 0.989. The van der Waals surface area contributed by atoms with E-state index in [2.05, 4.69) is 32.6 Å². The maximum absolute atomic E-state index is 12.8. The molecule has 2 aromatic heterocycles. The molecular weight excluding hydrogens is 569 g/mol. The highest BCUT2D eigenvalue weighted by molar-refractivity contribution is 7.98. The van der Waals surface area contributed by atoms with Crippen LogP contribution in [0.15, 0.2) is 89.4 Å². The topological polar surface area (TPSA) is 72.7 Å². The van der Waals surface area contributed by atoms with Crippen molar-refractivity contribution in [1.29, 1.82) is 0 Å². The van der Waals surface area contributed by atoms with Gasteiger partial charge in [0.25, 0.3) is 5.91 Å². The van der Waals surface area contributed by atoms with Crippen LogP contribution in [0.5, 0.6) is 0 Å². The van der Waals surface area contributed by atoms with Gasteiger partial charge in [0.15, 0.2) is 11.0 Å². The molecule has 0 bridgehead atoms. The van der Waals surface area contributed by atoms with Crippen LogP contribution >= 0.6 is 46.3 Å². The SMILES string of the molecule is CC(CCc1ccccc1)NC(=O)c1csc(CSc2nnc(-c3ccccc3Cl)n2-c2cccc(Cl)c2)n1. The standard InChI is InChI=1S/C29H25Cl2N5OS2/c1-19(14-15-20-8-3-2-4-9-20)32-28(37)25-17-38-26(33-25)18-39-29-35-34-27(23-12-5-6-13-24(23)31)36(29)22-11-7-10-21(30)16-22/h2-13,16-17,19H,14-15,18H2,1H3,(H,32,37). The van der Waals surface area contributed by atoms with E-state index in [1.165, 1.54) is 28.7 Å². The predicted molar refractivity (Wildman–Crippen MR) is 160 cm³/mol. The van der Waals surface area contributed by atoms with Crippen molar-refractivity contribution in [2.75, 3.05) is 0 Å². The first-order valence-corrected chi connectivity index (χ1v) is 15.0. The minimum Gasteiger partial charge on any atom is -0.348 e. The molecule has 3 aromatic carbocycles. The molecular formula is C29H25Cl2N5OS2. The van der Waals surface area contributed by atoms with Crippen molar-refractivity contribution in [3.63, 3.8) is 0 Å². The number of thiazole rings is 1. The number of nitrogens with zero attached hydrogens (tertiary/aromatic N) is 4. The molecule has 1 amide bonds. The van der Waals surface area contributed by atoms with Gasteiger partial charge in [0.05, 0.1) is 16.5 Å². The predicted octanol–water partition coefficient (Wildman–Crippen LogP) is 7.74. The van der Waals surface area contributed by atoms with Crippen LogP contribution in [-0.2, 0) is 12.2 Å². The van der Waals surface area contributed by atoms with E-state index in [-0.39, 0.29) is 11.9 Å². The highest BCUT2D eigenvalue weighted by atomic mass is 35.5. The molecule has 1 atom stereocenters. The Balaban J connectivity index is 1.28. The molecule has 0 radical (unpaired) electrons. The largest absolute Gasteiger partial charge is 0.348 e. The van der Waals surface area contributed by atoms with Gasteiger partial charge in [-0.15, -0.1) is 21.5 Å². The Kier molecular flexibility index (Phi) is 8.98. The lowest BCUT2D eigenvalue weighted by molar-refractivity contribution is 0.0934. The summed E-state index contributed by atoms with van der Waals surface area (Å²) in [6.07, 6.45) is 1.76. The minimum atomic E-state index is -0.161. The van der Waals surface area contributed by atoms with E-state index >= 15 is 0 Å². The van der Waals surface area contributed by atoms with E-state index in [0.29, 0.717) is 32.5 Å². The summed E-state index contributed by atoms with van der Waals surface area (Å²) in [5, 5.41) is 16.4. The summed E-state index contributed by atoms with van der Waals surface area (Å²) < 4.78 is 1.94. The maximum atomic E-state index is 12.8. The highest BCUT2D eigenvalue weighted by Gasteiger charge is 2.20. The summed E-state index contributed by atoms with van der Waals surface area (Å²) >= 11 is 15.7. The van der Waals surface area contributed by atoms with Crippen LogP contribution in [-0.4, -0.2) is 31.7 Å². The number of halogens is 2. The second-order valence-corrected chi connectivity index (χ2v) is 11.6. The van der Waals surface area contributed by atoms with Gasteiger partial charge in [0, 0.05) is 22.0 Å². The van der Waals surface area contributed by atoms with Crippen LogP contribution in [0.4, 0.5) is 0 Å². The number of hydrogen-bond donors (Lipinski definition) is 1. The molecule has 1 N–H and O–H groups in total. The average molecular weight is 595 g/mol. The van der Waals surface area contributed by atoms with Gasteiger partial charge < -0.3 is 5.32 Å². The molecule has 0 aliphatic rings. The van der Waals surface area contributed by atoms with Gasteiger partial charge in [-0.2, -0.15) is 0 Å². The van der Waals surface area contributed by atoms with Gasteiger partial charge in [-0.25, -0.2) is 4.98 Å². The van der Waals surface area contributed by atoms with Crippen molar-refractivity contribution in [3.8, 4) is 17.1 Å². The van der Waals surface area contributed by atoms with Gasteiger partial charge >= 0.3 is 0 Å².